The van der Waals surface area contributed by atoms with Gasteiger partial charge in [0.25, 0.3) is 0 Å². The summed E-state index contributed by atoms with van der Waals surface area (Å²) in [6.45, 7) is 4.40. The lowest BCUT2D eigenvalue weighted by Crippen LogP contribution is -2.37. The molecule has 0 saturated carbocycles. The van der Waals surface area contributed by atoms with Gasteiger partial charge in [-0.2, -0.15) is 12.6 Å². The highest BCUT2D eigenvalue weighted by molar-refractivity contribution is 7.80. The number of likely N-dealkylation sites (tertiary alicyclic amines) is 1. The Labute approximate surface area is 92.7 Å². The van der Waals surface area contributed by atoms with Gasteiger partial charge in [0.05, 0.1) is 6.61 Å². The van der Waals surface area contributed by atoms with Gasteiger partial charge in [0.2, 0.25) is 0 Å². The summed E-state index contributed by atoms with van der Waals surface area (Å²) >= 11 is 4.14. The van der Waals surface area contributed by atoms with Gasteiger partial charge in [0.1, 0.15) is 0 Å². The molecule has 0 amide bonds. The van der Waals surface area contributed by atoms with Crippen molar-refractivity contribution < 1.29 is 4.74 Å². The average molecular weight is 215 g/mol. The lowest BCUT2D eigenvalue weighted by molar-refractivity contribution is 0.0960. The first-order valence-electron chi connectivity index (χ1n) is 5.34. The van der Waals surface area contributed by atoms with Crippen molar-refractivity contribution in [2.24, 2.45) is 5.92 Å². The van der Waals surface area contributed by atoms with Gasteiger partial charge in [-0.25, -0.2) is 0 Å². The van der Waals surface area contributed by atoms with Crippen molar-refractivity contribution in [2.45, 2.75) is 12.8 Å². The standard InChI is InChI=1S/C11H21NOS/c1-13-10-11-5-4-7-12(9-11)6-2-3-8-14/h2-3,11,14H,4-10H2,1H3/b3-2+. The quantitative estimate of drug-likeness (QED) is 0.555. The van der Waals surface area contributed by atoms with E-state index in [4.69, 9.17) is 4.74 Å². The molecule has 0 aliphatic carbocycles. The van der Waals surface area contributed by atoms with Gasteiger partial charge >= 0.3 is 0 Å². The van der Waals surface area contributed by atoms with E-state index in [2.05, 4.69) is 29.7 Å². The number of nitrogens with zero attached hydrogens (tertiary/aromatic N) is 1. The monoisotopic (exact) mass is 215 g/mol. The van der Waals surface area contributed by atoms with E-state index in [1.165, 1.54) is 25.9 Å². The van der Waals surface area contributed by atoms with Crippen LogP contribution in [0.2, 0.25) is 0 Å². The Morgan fingerprint density at radius 2 is 2.36 bits per heavy atom. The molecule has 14 heavy (non-hydrogen) atoms. The number of hydrogen-bond acceptors (Lipinski definition) is 3. The minimum Gasteiger partial charge on any atom is -0.384 e. The van der Waals surface area contributed by atoms with Gasteiger partial charge in [0.15, 0.2) is 0 Å². The molecule has 82 valence electrons. The second-order valence-electron chi connectivity index (χ2n) is 3.88. The van der Waals surface area contributed by atoms with E-state index in [1.807, 2.05) is 0 Å². The topological polar surface area (TPSA) is 12.5 Å². The Bertz CT molecular complexity index is 171. The highest BCUT2D eigenvalue weighted by Crippen LogP contribution is 2.16. The number of piperidine rings is 1. The maximum absolute atomic E-state index is 5.20. The first-order chi connectivity index (χ1) is 6.86. The van der Waals surface area contributed by atoms with Crippen molar-refractivity contribution in [1.82, 2.24) is 4.90 Å². The van der Waals surface area contributed by atoms with Gasteiger partial charge in [-0.3, -0.25) is 4.90 Å². The normalized spacial score (nSPS) is 24.6. The lowest BCUT2D eigenvalue weighted by Gasteiger charge is -2.31. The zero-order valence-corrected chi connectivity index (χ0v) is 9.88. The Morgan fingerprint density at radius 1 is 1.50 bits per heavy atom. The number of methoxy groups -OCH3 is 1. The SMILES string of the molecule is COCC1CCCN(C/C=C/CS)C1. The number of hydrogen-bond donors (Lipinski definition) is 1. The van der Waals surface area contributed by atoms with Crippen molar-refractivity contribution in [3.63, 3.8) is 0 Å². The minimum atomic E-state index is 0.734. The van der Waals surface area contributed by atoms with Gasteiger partial charge in [-0.1, -0.05) is 12.2 Å². The fourth-order valence-electron chi connectivity index (χ4n) is 1.99. The summed E-state index contributed by atoms with van der Waals surface area (Å²) in [6.07, 6.45) is 6.95. The highest BCUT2D eigenvalue weighted by atomic mass is 32.1. The third kappa shape index (κ3) is 4.49. The molecule has 0 aromatic rings. The van der Waals surface area contributed by atoms with Crippen LogP contribution in [0.3, 0.4) is 0 Å². The predicted molar refractivity (Wildman–Crippen MR) is 64.0 cm³/mol. The van der Waals surface area contributed by atoms with Gasteiger partial charge in [0, 0.05) is 26.0 Å². The van der Waals surface area contributed by atoms with E-state index in [9.17, 15) is 0 Å². The summed E-state index contributed by atoms with van der Waals surface area (Å²) in [5.41, 5.74) is 0. The summed E-state index contributed by atoms with van der Waals surface area (Å²) in [7, 11) is 1.79. The zero-order chi connectivity index (χ0) is 10.2. The van der Waals surface area contributed by atoms with Crippen LogP contribution in [-0.4, -0.2) is 44.0 Å². The molecule has 1 aliphatic heterocycles. The molecule has 1 heterocycles. The number of thiol groups is 1. The van der Waals surface area contributed by atoms with E-state index >= 15 is 0 Å². The van der Waals surface area contributed by atoms with Crippen LogP contribution in [0, 0.1) is 5.92 Å². The van der Waals surface area contributed by atoms with Crippen LogP contribution in [-0.2, 0) is 4.74 Å². The Hall–Kier alpha value is 0.01000. The van der Waals surface area contributed by atoms with Crippen LogP contribution >= 0.6 is 12.6 Å². The van der Waals surface area contributed by atoms with Crippen LogP contribution in [0.25, 0.3) is 0 Å². The Kier molecular flexibility index (Phi) is 6.32. The maximum Gasteiger partial charge on any atom is 0.0502 e. The van der Waals surface area contributed by atoms with E-state index in [0.29, 0.717) is 0 Å². The smallest absolute Gasteiger partial charge is 0.0502 e. The molecule has 0 spiro atoms. The van der Waals surface area contributed by atoms with Crippen LogP contribution < -0.4 is 0 Å². The molecular weight excluding hydrogens is 194 g/mol. The predicted octanol–water partition coefficient (Wildman–Crippen LogP) is 1.83. The molecule has 0 N–H and O–H groups in total. The Morgan fingerprint density at radius 3 is 3.07 bits per heavy atom. The third-order valence-electron chi connectivity index (χ3n) is 2.64. The highest BCUT2D eigenvalue weighted by Gasteiger charge is 2.18. The summed E-state index contributed by atoms with van der Waals surface area (Å²) < 4.78 is 5.20. The summed E-state index contributed by atoms with van der Waals surface area (Å²) in [6, 6.07) is 0. The molecule has 0 bridgehead atoms. The average Bonchev–Trinajstić information content (AvgIpc) is 2.19. The number of rotatable bonds is 5. The van der Waals surface area contributed by atoms with Crippen LogP contribution in [0.15, 0.2) is 12.2 Å². The fourth-order valence-corrected chi connectivity index (χ4v) is 2.14. The second-order valence-corrected chi connectivity index (χ2v) is 4.24. The molecule has 2 nitrogen and oxygen atoms in total. The molecule has 0 radical (unpaired) electrons. The van der Waals surface area contributed by atoms with Crippen LogP contribution in [0.5, 0.6) is 0 Å². The summed E-state index contributed by atoms with van der Waals surface area (Å²) in [4.78, 5) is 2.49. The molecular formula is C11H21NOS. The first-order valence-corrected chi connectivity index (χ1v) is 5.97. The third-order valence-corrected chi connectivity index (χ3v) is 2.85. The fraction of sp³-hybridized carbons (Fsp3) is 0.818. The van der Waals surface area contributed by atoms with Crippen molar-refractivity contribution in [2.75, 3.05) is 39.1 Å². The minimum absolute atomic E-state index is 0.734. The molecule has 1 aliphatic rings. The second kappa shape index (κ2) is 7.32. The van der Waals surface area contributed by atoms with Crippen molar-refractivity contribution in [3.05, 3.63) is 12.2 Å². The Balaban J connectivity index is 2.21. The van der Waals surface area contributed by atoms with Crippen molar-refractivity contribution in [1.29, 1.82) is 0 Å². The van der Waals surface area contributed by atoms with E-state index in [-0.39, 0.29) is 0 Å². The lowest BCUT2D eigenvalue weighted by atomic mass is 9.99. The van der Waals surface area contributed by atoms with E-state index in [0.717, 1.165) is 24.8 Å². The molecule has 1 rings (SSSR count). The van der Waals surface area contributed by atoms with Crippen LogP contribution in [0.1, 0.15) is 12.8 Å². The molecule has 0 aromatic carbocycles. The molecule has 1 fully saturated rings. The van der Waals surface area contributed by atoms with Crippen LogP contribution in [0.4, 0.5) is 0 Å². The number of ether oxygens (including phenoxy) is 1. The van der Waals surface area contributed by atoms with Crippen molar-refractivity contribution in [3.8, 4) is 0 Å². The van der Waals surface area contributed by atoms with E-state index < -0.39 is 0 Å². The van der Waals surface area contributed by atoms with Gasteiger partial charge < -0.3 is 4.74 Å². The largest absolute Gasteiger partial charge is 0.384 e. The summed E-state index contributed by atoms with van der Waals surface area (Å²) in [5.74, 6) is 1.58. The van der Waals surface area contributed by atoms with Crippen molar-refractivity contribution >= 4 is 12.6 Å². The molecule has 1 atom stereocenters. The first kappa shape index (κ1) is 12.1. The molecule has 3 heteroatoms. The summed E-state index contributed by atoms with van der Waals surface area (Å²) in [5, 5.41) is 0. The molecule has 0 aromatic heterocycles. The molecule has 1 unspecified atom stereocenters. The maximum atomic E-state index is 5.20. The van der Waals surface area contributed by atoms with Gasteiger partial charge in [-0.15, -0.1) is 0 Å². The van der Waals surface area contributed by atoms with E-state index in [1.54, 1.807) is 7.11 Å². The van der Waals surface area contributed by atoms with Gasteiger partial charge in [-0.05, 0) is 25.3 Å². The zero-order valence-electron chi connectivity index (χ0n) is 8.98. The molecule has 1 saturated heterocycles.